The molecule has 0 spiro atoms. The molecule has 0 aliphatic heterocycles. The molecular formula is C45H30N2OS. The van der Waals surface area contributed by atoms with E-state index in [1.807, 2.05) is 35.9 Å². The second-order valence-corrected chi connectivity index (χ2v) is 13.7. The maximum Gasteiger partial charge on any atom is 0.136 e. The highest BCUT2D eigenvalue weighted by Crippen LogP contribution is 2.45. The second-order valence-electron chi connectivity index (χ2n) is 12.7. The van der Waals surface area contributed by atoms with E-state index in [4.69, 9.17) is 4.42 Å². The summed E-state index contributed by atoms with van der Waals surface area (Å²) in [5.41, 5.74) is 9.02. The molecule has 0 radical (unpaired) electrons. The summed E-state index contributed by atoms with van der Waals surface area (Å²) in [6.45, 7) is 0. The Morgan fingerprint density at radius 3 is 2.29 bits per heavy atom. The maximum atomic E-state index is 6.40. The van der Waals surface area contributed by atoms with Crippen LogP contribution in [0.2, 0.25) is 0 Å². The molecule has 0 N–H and O–H groups in total. The highest BCUT2D eigenvalue weighted by atomic mass is 32.1. The van der Waals surface area contributed by atoms with Crippen molar-refractivity contribution in [3.8, 4) is 11.1 Å². The van der Waals surface area contributed by atoms with Gasteiger partial charge in [-0.3, -0.25) is 4.98 Å². The number of nitrogens with zero attached hydrogens (tertiary/aromatic N) is 2. The van der Waals surface area contributed by atoms with Crippen LogP contribution < -0.4 is 4.90 Å². The summed E-state index contributed by atoms with van der Waals surface area (Å²) in [5, 5.41) is 7.23. The number of benzene rings is 6. The average Bonchev–Trinajstić information content (AvgIpc) is 3.75. The molecule has 3 aromatic heterocycles. The van der Waals surface area contributed by atoms with Crippen molar-refractivity contribution in [2.45, 2.75) is 12.3 Å². The summed E-state index contributed by atoms with van der Waals surface area (Å²) in [6, 6.07) is 47.7. The fourth-order valence-electron chi connectivity index (χ4n) is 7.59. The van der Waals surface area contributed by atoms with Crippen molar-refractivity contribution in [1.29, 1.82) is 0 Å². The third-order valence-electron chi connectivity index (χ3n) is 9.91. The molecule has 3 heterocycles. The van der Waals surface area contributed by atoms with E-state index in [1.165, 1.54) is 53.6 Å². The van der Waals surface area contributed by atoms with Crippen LogP contribution in [0.5, 0.6) is 0 Å². The lowest BCUT2D eigenvalue weighted by Gasteiger charge is -2.30. The predicted octanol–water partition coefficient (Wildman–Crippen LogP) is 12.9. The number of aromatic nitrogens is 1. The van der Waals surface area contributed by atoms with Crippen LogP contribution in [0.3, 0.4) is 0 Å². The molecule has 4 heteroatoms. The zero-order chi connectivity index (χ0) is 32.3. The van der Waals surface area contributed by atoms with Crippen LogP contribution in [-0.4, -0.2) is 4.98 Å². The number of hydrogen-bond acceptors (Lipinski definition) is 4. The minimum atomic E-state index is 0.202. The molecule has 10 rings (SSSR count). The number of fused-ring (bicyclic) bond motifs is 8. The molecule has 0 saturated heterocycles. The van der Waals surface area contributed by atoms with Crippen LogP contribution in [-0.2, 0) is 0 Å². The van der Waals surface area contributed by atoms with Gasteiger partial charge in [0, 0.05) is 61.3 Å². The second kappa shape index (κ2) is 11.3. The summed E-state index contributed by atoms with van der Waals surface area (Å²) in [4.78, 5) is 6.96. The highest BCUT2D eigenvalue weighted by Gasteiger charge is 2.23. The first-order chi connectivity index (χ1) is 24.3. The molecule has 0 saturated carbocycles. The van der Waals surface area contributed by atoms with Gasteiger partial charge >= 0.3 is 0 Å². The monoisotopic (exact) mass is 646 g/mol. The Morgan fingerprint density at radius 1 is 0.653 bits per heavy atom. The Morgan fingerprint density at radius 2 is 1.43 bits per heavy atom. The van der Waals surface area contributed by atoms with E-state index >= 15 is 0 Å². The number of allylic oxidation sites excluding steroid dienone is 3. The van der Waals surface area contributed by atoms with Gasteiger partial charge in [-0.25, -0.2) is 0 Å². The van der Waals surface area contributed by atoms with Gasteiger partial charge in [-0.15, -0.1) is 11.3 Å². The minimum Gasteiger partial charge on any atom is -0.456 e. The Kier molecular flexibility index (Phi) is 6.49. The normalized spacial score (nSPS) is 14.7. The van der Waals surface area contributed by atoms with Gasteiger partial charge in [-0.1, -0.05) is 103 Å². The summed E-state index contributed by atoms with van der Waals surface area (Å²) in [7, 11) is 0. The molecule has 232 valence electrons. The molecule has 3 nitrogen and oxygen atoms in total. The number of hydrogen-bond donors (Lipinski definition) is 0. The van der Waals surface area contributed by atoms with E-state index in [1.54, 1.807) is 0 Å². The molecule has 6 aromatic carbocycles. The van der Waals surface area contributed by atoms with Gasteiger partial charge in [0.15, 0.2) is 0 Å². The molecule has 1 aliphatic rings. The summed E-state index contributed by atoms with van der Waals surface area (Å²) < 4.78 is 9.00. The summed E-state index contributed by atoms with van der Waals surface area (Å²) >= 11 is 1.87. The Bertz CT molecular complexity index is 2750. The lowest BCUT2D eigenvalue weighted by molar-refractivity contribution is 0.668. The van der Waals surface area contributed by atoms with Gasteiger partial charge in [-0.2, -0.15) is 0 Å². The molecule has 1 unspecified atom stereocenters. The molecule has 0 fully saturated rings. The van der Waals surface area contributed by atoms with E-state index in [-0.39, 0.29) is 5.92 Å². The maximum absolute atomic E-state index is 6.40. The van der Waals surface area contributed by atoms with E-state index in [0.717, 1.165) is 39.4 Å². The third-order valence-corrected chi connectivity index (χ3v) is 11.1. The first-order valence-corrected chi connectivity index (χ1v) is 17.5. The van der Waals surface area contributed by atoms with Gasteiger partial charge in [0.25, 0.3) is 0 Å². The summed E-state index contributed by atoms with van der Waals surface area (Å²) in [6.07, 6.45) is 11.8. The molecule has 1 aliphatic carbocycles. The molecule has 0 amide bonds. The van der Waals surface area contributed by atoms with Crippen molar-refractivity contribution in [3.63, 3.8) is 0 Å². The van der Waals surface area contributed by atoms with E-state index < -0.39 is 0 Å². The van der Waals surface area contributed by atoms with Crippen LogP contribution in [0, 0.1) is 0 Å². The van der Waals surface area contributed by atoms with Crippen LogP contribution in [0.15, 0.2) is 174 Å². The predicted molar refractivity (Wildman–Crippen MR) is 207 cm³/mol. The van der Waals surface area contributed by atoms with Gasteiger partial charge in [0.2, 0.25) is 0 Å². The number of pyridine rings is 1. The Labute approximate surface area is 287 Å². The SMILES string of the molecule is C1=CC(c2cc3oc4ccccc4c3c3cnccc23)CC=C1N(c1ccc(-c2ccccc2)cc1)c1cccc2c1sc1ccccc12. The van der Waals surface area contributed by atoms with Gasteiger partial charge < -0.3 is 9.32 Å². The molecule has 0 bridgehead atoms. The zero-order valence-electron chi connectivity index (χ0n) is 26.6. The lowest BCUT2D eigenvalue weighted by atomic mass is 9.87. The zero-order valence-corrected chi connectivity index (χ0v) is 27.4. The van der Waals surface area contributed by atoms with Crippen LogP contribution in [0.25, 0.3) is 64.0 Å². The van der Waals surface area contributed by atoms with Crippen molar-refractivity contribution in [1.82, 2.24) is 4.98 Å². The van der Waals surface area contributed by atoms with Crippen molar-refractivity contribution in [2.75, 3.05) is 4.90 Å². The number of para-hydroxylation sites is 1. The van der Waals surface area contributed by atoms with E-state index in [2.05, 4.69) is 149 Å². The van der Waals surface area contributed by atoms with Crippen molar-refractivity contribution >= 4 is 75.6 Å². The summed E-state index contributed by atoms with van der Waals surface area (Å²) in [5.74, 6) is 0.202. The van der Waals surface area contributed by atoms with E-state index in [9.17, 15) is 0 Å². The van der Waals surface area contributed by atoms with Crippen molar-refractivity contribution in [2.24, 2.45) is 0 Å². The average molecular weight is 647 g/mol. The number of thiophene rings is 1. The fourth-order valence-corrected chi connectivity index (χ4v) is 8.80. The number of anilines is 2. The van der Waals surface area contributed by atoms with E-state index in [0.29, 0.717) is 0 Å². The van der Waals surface area contributed by atoms with Crippen LogP contribution in [0.1, 0.15) is 17.9 Å². The first-order valence-electron chi connectivity index (χ1n) is 16.7. The standard InChI is InChI=1S/C45H30N2OS/c1-2-9-29(10-3-1)30-17-21-32(22-18-30)47(40-14-8-13-36-35-11-5-7-16-43(35)49-45(36)40)33-23-19-31(20-24-33)38-27-42-44(39-28-46-26-25-34(38)39)37-12-4-6-15-41(37)48-42/h1-19,21-28,31H,20H2. The molecule has 9 aromatic rings. The fraction of sp³-hybridized carbons (Fsp3) is 0.0444. The third kappa shape index (κ3) is 4.60. The van der Waals surface area contributed by atoms with Gasteiger partial charge in [0.1, 0.15) is 11.2 Å². The quantitative estimate of drug-likeness (QED) is 0.186. The Hall–Kier alpha value is -5.97. The molecule has 1 atom stereocenters. The van der Waals surface area contributed by atoms with Crippen LogP contribution in [0.4, 0.5) is 11.4 Å². The van der Waals surface area contributed by atoms with Gasteiger partial charge in [-0.05, 0) is 77.0 Å². The Balaban J connectivity index is 1.09. The van der Waals surface area contributed by atoms with Crippen molar-refractivity contribution < 1.29 is 4.42 Å². The molecular weight excluding hydrogens is 617 g/mol. The topological polar surface area (TPSA) is 29.3 Å². The largest absolute Gasteiger partial charge is 0.456 e. The first kappa shape index (κ1) is 28.1. The van der Waals surface area contributed by atoms with Crippen LogP contribution >= 0.6 is 11.3 Å². The number of rotatable bonds is 5. The lowest BCUT2D eigenvalue weighted by Crippen LogP contribution is -2.17. The minimum absolute atomic E-state index is 0.202. The smallest absolute Gasteiger partial charge is 0.136 e. The van der Waals surface area contributed by atoms with Gasteiger partial charge in [0.05, 0.1) is 10.4 Å². The molecule has 49 heavy (non-hydrogen) atoms. The highest BCUT2D eigenvalue weighted by molar-refractivity contribution is 7.26. The van der Waals surface area contributed by atoms with Crippen molar-refractivity contribution in [3.05, 3.63) is 175 Å². The number of furan rings is 1.